The van der Waals surface area contributed by atoms with Gasteiger partial charge in [-0.15, -0.1) is 11.8 Å². The number of amides is 2. The van der Waals surface area contributed by atoms with Crippen molar-refractivity contribution in [1.29, 1.82) is 0 Å². The molecule has 3 rings (SSSR count). The highest BCUT2D eigenvalue weighted by Crippen LogP contribution is 2.37. The molecule has 8 nitrogen and oxygen atoms in total. The number of hydrogen-bond donors (Lipinski definition) is 1. The third kappa shape index (κ3) is 4.60. The number of carbonyl (C=O) groups excluding carboxylic acids is 2. The SMILES string of the molecule is CCN(CC)S(=O)(=O)c1ccc2c(c1)N(CC(=O)Nc1cccnc1)C(=O)CS2. The van der Waals surface area contributed by atoms with Crippen molar-refractivity contribution in [2.75, 3.05) is 35.6 Å². The number of hydrogen-bond acceptors (Lipinski definition) is 6. The highest BCUT2D eigenvalue weighted by molar-refractivity contribution is 8.00. The lowest BCUT2D eigenvalue weighted by atomic mass is 10.2. The van der Waals surface area contributed by atoms with E-state index < -0.39 is 10.0 Å². The topological polar surface area (TPSA) is 99.7 Å². The predicted molar refractivity (Wildman–Crippen MR) is 112 cm³/mol. The Hall–Kier alpha value is -2.43. The van der Waals surface area contributed by atoms with E-state index >= 15 is 0 Å². The molecule has 2 heterocycles. The summed E-state index contributed by atoms with van der Waals surface area (Å²) in [5.41, 5.74) is 0.954. The molecule has 0 radical (unpaired) electrons. The van der Waals surface area contributed by atoms with Gasteiger partial charge in [0.1, 0.15) is 6.54 Å². The molecule has 1 aliphatic heterocycles. The Balaban J connectivity index is 1.89. The number of aromatic nitrogens is 1. The maximum atomic E-state index is 12.9. The molecule has 0 spiro atoms. The lowest BCUT2D eigenvalue weighted by Crippen LogP contribution is -2.41. The van der Waals surface area contributed by atoms with Crippen molar-refractivity contribution in [1.82, 2.24) is 9.29 Å². The molecule has 1 aromatic carbocycles. The van der Waals surface area contributed by atoms with Crippen LogP contribution in [0, 0.1) is 0 Å². The monoisotopic (exact) mass is 434 g/mol. The zero-order valence-electron chi connectivity index (χ0n) is 16.2. The first-order chi connectivity index (χ1) is 13.9. The van der Waals surface area contributed by atoms with E-state index in [4.69, 9.17) is 0 Å². The van der Waals surface area contributed by atoms with E-state index in [9.17, 15) is 18.0 Å². The molecule has 1 aromatic heterocycles. The number of carbonyl (C=O) groups is 2. The minimum absolute atomic E-state index is 0.105. The molecule has 2 amide bonds. The molecule has 0 aliphatic carbocycles. The molecule has 0 saturated heterocycles. The number of anilines is 2. The maximum absolute atomic E-state index is 12.9. The van der Waals surface area contributed by atoms with Gasteiger partial charge in [-0.05, 0) is 30.3 Å². The van der Waals surface area contributed by atoms with Crippen LogP contribution in [-0.4, -0.2) is 54.9 Å². The molecule has 1 N–H and O–H groups in total. The molecule has 154 valence electrons. The molecular weight excluding hydrogens is 412 g/mol. The summed E-state index contributed by atoms with van der Waals surface area (Å²) in [6.45, 7) is 4.03. The summed E-state index contributed by atoms with van der Waals surface area (Å²) in [7, 11) is -3.68. The number of fused-ring (bicyclic) bond motifs is 1. The van der Waals surface area contributed by atoms with Gasteiger partial charge in [0.05, 0.1) is 28.2 Å². The van der Waals surface area contributed by atoms with Crippen molar-refractivity contribution >= 4 is 45.0 Å². The number of benzene rings is 1. The zero-order valence-corrected chi connectivity index (χ0v) is 17.8. The van der Waals surface area contributed by atoms with E-state index in [1.54, 1.807) is 44.3 Å². The molecule has 2 aromatic rings. The summed E-state index contributed by atoms with van der Waals surface area (Å²) in [6.07, 6.45) is 3.10. The van der Waals surface area contributed by atoms with Crippen molar-refractivity contribution in [3.8, 4) is 0 Å². The first-order valence-electron chi connectivity index (χ1n) is 9.14. The standard InChI is InChI=1S/C19H22N4O4S2/c1-3-22(4-2)29(26,27)15-7-8-17-16(10-15)23(19(25)13-28-17)12-18(24)21-14-6-5-9-20-11-14/h5-11H,3-4,12-13H2,1-2H3,(H,21,24). The lowest BCUT2D eigenvalue weighted by molar-refractivity contribution is -0.120. The molecule has 0 bridgehead atoms. The van der Waals surface area contributed by atoms with Gasteiger partial charge in [0.25, 0.3) is 0 Å². The smallest absolute Gasteiger partial charge is 0.244 e. The molecule has 10 heteroatoms. The van der Waals surface area contributed by atoms with Gasteiger partial charge in [-0.2, -0.15) is 4.31 Å². The Bertz CT molecular complexity index is 1010. The quantitative estimate of drug-likeness (QED) is 0.717. The Labute approximate surface area is 174 Å². The largest absolute Gasteiger partial charge is 0.323 e. The predicted octanol–water partition coefficient (Wildman–Crippen LogP) is 2.19. The van der Waals surface area contributed by atoms with Gasteiger partial charge >= 0.3 is 0 Å². The molecule has 1 aliphatic rings. The van der Waals surface area contributed by atoms with Gasteiger partial charge in [-0.25, -0.2) is 8.42 Å². The first kappa shape index (κ1) is 21.3. The fraction of sp³-hybridized carbons (Fsp3) is 0.316. The van der Waals surface area contributed by atoms with Crippen molar-refractivity contribution in [2.24, 2.45) is 0 Å². The van der Waals surface area contributed by atoms with Crippen LogP contribution >= 0.6 is 11.8 Å². The van der Waals surface area contributed by atoms with Crippen LogP contribution < -0.4 is 10.2 Å². The average molecular weight is 435 g/mol. The second-order valence-electron chi connectivity index (χ2n) is 6.28. The van der Waals surface area contributed by atoms with Crippen molar-refractivity contribution in [3.05, 3.63) is 42.7 Å². The third-order valence-corrected chi connectivity index (χ3v) is 7.56. The van der Waals surface area contributed by atoms with Crippen molar-refractivity contribution in [3.63, 3.8) is 0 Å². The molecule has 29 heavy (non-hydrogen) atoms. The van der Waals surface area contributed by atoms with Gasteiger partial charge in [-0.1, -0.05) is 13.8 Å². The molecule has 0 atom stereocenters. The maximum Gasteiger partial charge on any atom is 0.244 e. The average Bonchev–Trinajstić information content (AvgIpc) is 2.71. The number of nitrogens with one attached hydrogen (secondary N) is 1. The molecular formula is C19H22N4O4S2. The van der Waals surface area contributed by atoms with Gasteiger partial charge < -0.3 is 10.2 Å². The van der Waals surface area contributed by atoms with Crippen LogP contribution in [0.2, 0.25) is 0 Å². The van der Waals surface area contributed by atoms with Crippen LogP contribution in [0.4, 0.5) is 11.4 Å². The van der Waals surface area contributed by atoms with Crippen LogP contribution in [0.1, 0.15) is 13.8 Å². The summed E-state index contributed by atoms with van der Waals surface area (Å²) in [5, 5.41) is 2.69. The highest BCUT2D eigenvalue weighted by Gasteiger charge is 2.30. The van der Waals surface area contributed by atoms with Crippen molar-refractivity contribution < 1.29 is 18.0 Å². The highest BCUT2D eigenvalue weighted by atomic mass is 32.2. The molecule has 0 fully saturated rings. The van der Waals surface area contributed by atoms with Crippen LogP contribution in [0.3, 0.4) is 0 Å². The minimum Gasteiger partial charge on any atom is -0.323 e. The second kappa shape index (κ2) is 8.93. The zero-order chi connectivity index (χ0) is 21.0. The first-order valence-corrected chi connectivity index (χ1v) is 11.6. The Kier molecular flexibility index (Phi) is 6.56. The summed E-state index contributed by atoms with van der Waals surface area (Å²) in [4.78, 5) is 31.1. The van der Waals surface area contributed by atoms with E-state index in [0.29, 0.717) is 24.5 Å². The Morgan fingerprint density at radius 2 is 2.03 bits per heavy atom. The number of pyridine rings is 1. The van der Waals surface area contributed by atoms with E-state index in [-0.39, 0.29) is 29.0 Å². The lowest BCUT2D eigenvalue weighted by Gasteiger charge is -2.29. The number of rotatable bonds is 7. The molecule has 0 unspecified atom stereocenters. The van der Waals surface area contributed by atoms with E-state index in [0.717, 1.165) is 4.90 Å². The fourth-order valence-electron chi connectivity index (χ4n) is 3.01. The normalized spacial score (nSPS) is 14.0. The van der Waals surface area contributed by atoms with Crippen LogP contribution in [-0.2, 0) is 19.6 Å². The van der Waals surface area contributed by atoms with Crippen LogP contribution in [0.15, 0.2) is 52.5 Å². The Morgan fingerprint density at radius 1 is 1.28 bits per heavy atom. The van der Waals surface area contributed by atoms with E-state index in [1.807, 2.05) is 0 Å². The summed E-state index contributed by atoms with van der Waals surface area (Å²) < 4.78 is 27.1. The fourth-order valence-corrected chi connectivity index (χ4v) is 5.40. The summed E-state index contributed by atoms with van der Waals surface area (Å²) in [6, 6.07) is 8.10. The van der Waals surface area contributed by atoms with Crippen LogP contribution in [0.5, 0.6) is 0 Å². The number of thioether (sulfide) groups is 1. The van der Waals surface area contributed by atoms with E-state index in [1.165, 1.54) is 33.2 Å². The van der Waals surface area contributed by atoms with Gasteiger partial charge in [-0.3, -0.25) is 14.6 Å². The van der Waals surface area contributed by atoms with Gasteiger partial charge in [0.2, 0.25) is 21.8 Å². The number of nitrogens with zero attached hydrogens (tertiary/aromatic N) is 3. The van der Waals surface area contributed by atoms with E-state index in [2.05, 4.69) is 10.3 Å². The summed E-state index contributed by atoms with van der Waals surface area (Å²) in [5.74, 6) is -0.447. The van der Waals surface area contributed by atoms with Crippen LogP contribution in [0.25, 0.3) is 0 Å². The Morgan fingerprint density at radius 3 is 2.69 bits per heavy atom. The number of sulfonamides is 1. The van der Waals surface area contributed by atoms with Gasteiger partial charge in [0.15, 0.2) is 0 Å². The molecule has 0 saturated carbocycles. The minimum atomic E-state index is -3.68. The van der Waals surface area contributed by atoms with Crippen molar-refractivity contribution in [2.45, 2.75) is 23.6 Å². The van der Waals surface area contributed by atoms with Gasteiger partial charge in [0, 0.05) is 24.2 Å². The third-order valence-electron chi connectivity index (χ3n) is 4.46. The second-order valence-corrected chi connectivity index (χ2v) is 9.23. The summed E-state index contributed by atoms with van der Waals surface area (Å²) >= 11 is 1.33.